The van der Waals surface area contributed by atoms with Crippen LogP contribution in [0, 0.1) is 34.6 Å². The zero-order valence-corrected chi connectivity index (χ0v) is 20.2. The Morgan fingerprint density at radius 3 is 2.56 bits per heavy atom. The molecule has 1 aliphatic rings. The first-order valence-electron chi connectivity index (χ1n) is 11.4. The molecule has 5 rings (SSSR count). The van der Waals surface area contributed by atoms with Crippen LogP contribution < -0.4 is 14.8 Å². The number of ether oxygens (including phenoxy) is 2. The Bertz CT molecular complexity index is 1440. The summed E-state index contributed by atoms with van der Waals surface area (Å²) in [5.41, 5.74) is 9.10. The molecule has 1 amide bonds. The van der Waals surface area contributed by atoms with Crippen LogP contribution in [0.5, 0.6) is 11.5 Å². The predicted octanol–water partition coefficient (Wildman–Crippen LogP) is 5.26. The van der Waals surface area contributed by atoms with Crippen molar-refractivity contribution in [2.24, 2.45) is 0 Å². The van der Waals surface area contributed by atoms with Crippen molar-refractivity contribution >= 4 is 22.6 Å². The number of hydrogen-bond donors (Lipinski definition) is 1. The topological polar surface area (TPSA) is 78.3 Å². The first-order valence-corrected chi connectivity index (χ1v) is 11.4. The molecule has 0 spiro atoms. The molecular weight excluding hydrogens is 428 g/mol. The largest absolute Gasteiger partial charge is 0.454 e. The lowest BCUT2D eigenvalue weighted by molar-refractivity contribution is -0.116. The average Bonchev–Trinajstić information content (AvgIpc) is 3.39. The number of nitrogens with one attached hydrogen (secondary N) is 1. The second kappa shape index (κ2) is 8.48. The van der Waals surface area contributed by atoms with E-state index in [1.807, 2.05) is 24.6 Å². The normalized spacial score (nSPS) is 12.4. The van der Waals surface area contributed by atoms with Crippen LogP contribution in [0.1, 0.15) is 40.1 Å². The molecule has 0 saturated carbocycles. The molecule has 0 saturated heterocycles. The lowest BCUT2D eigenvalue weighted by Crippen LogP contribution is -2.13. The minimum absolute atomic E-state index is 0.0553. The van der Waals surface area contributed by atoms with Gasteiger partial charge in [-0.25, -0.2) is 9.67 Å². The van der Waals surface area contributed by atoms with E-state index in [9.17, 15) is 4.79 Å². The molecule has 0 bridgehead atoms. The van der Waals surface area contributed by atoms with Crippen LogP contribution in [0.3, 0.4) is 0 Å². The Hall–Kier alpha value is -3.87. The second-order valence-corrected chi connectivity index (χ2v) is 8.88. The monoisotopic (exact) mass is 456 g/mol. The lowest BCUT2D eigenvalue weighted by atomic mass is 9.99. The number of carbonyl (C=O) groups excluding carboxylic acids is 1. The second-order valence-electron chi connectivity index (χ2n) is 8.88. The summed E-state index contributed by atoms with van der Waals surface area (Å²) < 4.78 is 12.6. The van der Waals surface area contributed by atoms with Crippen molar-refractivity contribution in [1.29, 1.82) is 0 Å². The van der Waals surface area contributed by atoms with Crippen LogP contribution in [0.15, 0.2) is 36.4 Å². The molecule has 34 heavy (non-hydrogen) atoms. The molecule has 4 aromatic rings. The van der Waals surface area contributed by atoms with E-state index in [0.717, 1.165) is 39.2 Å². The van der Waals surface area contributed by atoms with Gasteiger partial charge < -0.3 is 14.8 Å². The van der Waals surface area contributed by atoms with Gasteiger partial charge in [-0.15, -0.1) is 0 Å². The molecule has 0 fully saturated rings. The van der Waals surface area contributed by atoms with Gasteiger partial charge in [0.1, 0.15) is 0 Å². The fourth-order valence-corrected chi connectivity index (χ4v) is 4.55. The molecule has 3 heterocycles. The number of fused-ring (bicyclic) bond motifs is 2. The molecule has 7 heteroatoms. The van der Waals surface area contributed by atoms with Gasteiger partial charge in [0.15, 0.2) is 17.1 Å². The van der Waals surface area contributed by atoms with Crippen LogP contribution in [-0.2, 0) is 11.2 Å². The molecule has 2 aromatic heterocycles. The van der Waals surface area contributed by atoms with Crippen molar-refractivity contribution in [3.05, 3.63) is 70.0 Å². The molecule has 0 radical (unpaired) electrons. The highest BCUT2D eigenvalue weighted by molar-refractivity contribution is 5.91. The highest BCUT2D eigenvalue weighted by Gasteiger charge is 2.19. The van der Waals surface area contributed by atoms with Gasteiger partial charge in [-0.2, -0.15) is 5.10 Å². The molecule has 2 aromatic carbocycles. The van der Waals surface area contributed by atoms with Crippen LogP contribution in [0.2, 0.25) is 0 Å². The fourth-order valence-electron chi connectivity index (χ4n) is 4.55. The quantitative estimate of drug-likeness (QED) is 0.443. The molecular formula is C27H28N4O3. The number of hydrogen-bond acceptors (Lipinski definition) is 5. The predicted molar refractivity (Wildman–Crippen MR) is 132 cm³/mol. The van der Waals surface area contributed by atoms with Gasteiger partial charge in [-0.3, -0.25) is 4.79 Å². The maximum Gasteiger partial charge on any atom is 0.231 e. The van der Waals surface area contributed by atoms with Gasteiger partial charge >= 0.3 is 0 Å². The Labute approximate surface area is 198 Å². The summed E-state index contributed by atoms with van der Waals surface area (Å²) >= 11 is 0. The minimum Gasteiger partial charge on any atom is -0.454 e. The van der Waals surface area contributed by atoms with E-state index in [1.54, 1.807) is 12.1 Å². The Kier molecular flexibility index (Phi) is 5.48. The maximum absolute atomic E-state index is 12.7. The third-order valence-electron chi connectivity index (χ3n) is 6.57. The summed E-state index contributed by atoms with van der Waals surface area (Å²) in [7, 11) is 0. The zero-order valence-electron chi connectivity index (χ0n) is 20.2. The van der Waals surface area contributed by atoms with E-state index in [-0.39, 0.29) is 12.7 Å². The molecule has 0 unspecified atom stereocenters. The number of benzene rings is 2. The first-order chi connectivity index (χ1) is 16.3. The molecule has 174 valence electrons. The van der Waals surface area contributed by atoms with Gasteiger partial charge in [-0.1, -0.05) is 6.07 Å². The number of rotatable bonds is 5. The summed E-state index contributed by atoms with van der Waals surface area (Å²) in [4.78, 5) is 17.6. The SMILES string of the molecule is Cc1ccc(-n2nc(C)c3c(C)c(CCC(=O)Nc4ccc5c(c4)OCO5)c(C)nc32)cc1C. The van der Waals surface area contributed by atoms with Crippen LogP contribution in [0.4, 0.5) is 5.69 Å². The molecule has 1 N–H and O–H groups in total. The summed E-state index contributed by atoms with van der Waals surface area (Å²) in [6.45, 7) is 10.5. The van der Waals surface area contributed by atoms with E-state index in [0.29, 0.717) is 30.0 Å². The Morgan fingerprint density at radius 1 is 0.971 bits per heavy atom. The Balaban J connectivity index is 1.39. The van der Waals surface area contributed by atoms with Crippen molar-refractivity contribution < 1.29 is 14.3 Å². The molecule has 0 aliphatic carbocycles. The summed E-state index contributed by atoms with van der Waals surface area (Å²) in [5.74, 6) is 1.29. The standard InChI is InChI=1S/C27H28N4O3/c1-15-6-8-21(12-16(15)2)31-27-26(19(5)30-31)17(3)22(18(4)28-27)9-11-25(32)29-20-7-10-23-24(13-20)34-14-33-23/h6-8,10,12-13H,9,11,14H2,1-5H3,(H,29,32). The molecule has 1 aliphatic heterocycles. The fraction of sp³-hybridized carbons (Fsp3) is 0.296. The van der Waals surface area contributed by atoms with Crippen molar-refractivity contribution in [3.8, 4) is 17.2 Å². The minimum atomic E-state index is -0.0553. The van der Waals surface area contributed by atoms with Gasteiger partial charge in [0.05, 0.1) is 11.4 Å². The average molecular weight is 457 g/mol. The van der Waals surface area contributed by atoms with Gasteiger partial charge in [-0.05, 0) is 87.6 Å². The Morgan fingerprint density at radius 2 is 1.76 bits per heavy atom. The van der Waals surface area contributed by atoms with E-state index in [1.165, 1.54) is 11.1 Å². The number of pyridine rings is 1. The van der Waals surface area contributed by atoms with Crippen LogP contribution in [0.25, 0.3) is 16.7 Å². The smallest absolute Gasteiger partial charge is 0.231 e. The van der Waals surface area contributed by atoms with Crippen molar-refractivity contribution in [2.75, 3.05) is 12.1 Å². The highest BCUT2D eigenvalue weighted by Crippen LogP contribution is 2.34. The third kappa shape index (κ3) is 3.87. The first kappa shape index (κ1) is 21.9. The molecule has 7 nitrogen and oxygen atoms in total. The van der Waals surface area contributed by atoms with E-state index in [4.69, 9.17) is 19.6 Å². The number of aromatic nitrogens is 3. The summed E-state index contributed by atoms with van der Waals surface area (Å²) in [6, 6.07) is 11.7. The molecule has 0 atom stereocenters. The van der Waals surface area contributed by atoms with Gasteiger partial charge in [0.25, 0.3) is 0 Å². The van der Waals surface area contributed by atoms with E-state index in [2.05, 4.69) is 44.3 Å². The van der Waals surface area contributed by atoms with Gasteiger partial charge in [0.2, 0.25) is 12.7 Å². The highest BCUT2D eigenvalue weighted by atomic mass is 16.7. The van der Waals surface area contributed by atoms with E-state index < -0.39 is 0 Å². The maximum atomic E-state index is 12.7. The van der Waals surface area contributed by atoms with Crippen LogP contribution >= 0.6 is 0 Å². The number of nitrogens with zero attached hydrogens (tertiary/aromatic N) is 3. The zero-order chi connectivity index (χ0) is 24.0. The number of aryl methyl sites for hydroxylation is 5. The van der Waals surface area contributed by atoms with Crippen molar-refractivity contribution in [1.82, 2.24) is 14.8 Å². The number of anilines is 1. The van der Waals surface area contributed by atoms with Crippen LogP contribution in [-0.4, -0.2) is 27.5 Å². The van der Waals surface area contributed by atoms with E-state index >= 15 is 0 Å². The van der Waals surface area contributed by atoms with Gasteiger partial charge in [0, 0.05) is 29.3 Å². The van der Waals surface area contributed by atoms with Crippen molar-refractivity contribution in [2.45, 2.75) is 47.5 Å². The van der Waals surface area contributed by atoms with Crippen molar-refractivity contribution in [3.63, 3.8) is 0 Å². The number of carbonyl (C=O) groups is 1. The lowest BCUT2D eigenvalue weighted by Gasteiger charge is -2.12. The summed E-state index contributed by atoms with van der Waals surface area (Å²) in [5, 5.41) is 8.81. The third-order valence-corrected chi connectivity index (χ3v) is 6.57. The number of amides is 1. The summed E-state index contributed by atoms with van der Waals surface area (Å²) in [6.07, 6.45) is 0.957.